The first-order valence-electron chi connectivity index (χ1n) is 14.5. The number of thiol groups is 1. The fraction of sp³-hybridized carbons (Fsp3) is 0.630. The molecule has 0 bridgehead atoms. The molecule has 2 aromatic rings. The lowest BCUT2D eigenvalue weighted by Crippen LogP contribution is -2.60. The van der Waals surface area contributed by atoms with Gasteiger partial charge in [0.25, 0.3) is 5.92 Å². The largest absolute Gasteiger partial charge is 0.477 e. The van der Waals surface area contributed by atoms with Crippen LogP contribution in [-0.4, -0.2) is 99.7 Å². The van der Waals surface area contributed by atoms with Gasteiger partial charge in [0, 0.05) is 51.7 Å². The number of piperidine rings is 1. The number of urea groups is 1. The molecule has 3 amide bonds. The third-order valence-electron chi connectivity index (χ3n) is 7.76. The molecule has 2 aliphatic heterocycles. The van der Waals surface area contributed by atoms with Gasteiger partial charge in [-0.05, 0) is 45.3 Å². The SMILES string of the molecule is C1CCC(N2CCC2)CC1.CCOc1cnc(NC(=O)N(C)C2CN(c3nccc(NC(=O)OS)n3)CCC2(F)F)cn1. The van der Waals surface area contributed by atoms with Gasteiger partial charge in [0.05, 0.1) is 19.0 Å². The molecule has 2 saturated heterocycles. The number of ether oxygens (including phenoxy) is 1. The van der Waals surface area contributed by atoms with E-state index in [0.29, 0.717) is 6.61 Å². The second-order valence-electron chi connectivity index (χ2n) is 10.6. The zero-order chi connectivity index (χ0) is 30.8. The van der Waals surface area contributed by atoms with Crippen LogP contribution in [0.1, 0.15) is 51.9 Å². The van der Waals surface area contributed by atoms with Crippen LogP contribution in [0.5, 0.6) is 5.88 Å². The average Bonchev–Trinajstić information content (AvgIpc) is 2.98. The molecule has 0 spiro atoms. The third-order valence-corrected chi connectivity index (χ3v) is 7.93. The van der Waals surface area contributed by atoms with Crippen molar-refractivity contribution < 1.29 is 27.3 Å². The number of halogens is 2. The summed E-state index contributed by atoms with van der Waals surface area (Å²) >= 11 is 3.39. The first-order chi connectivity index (χ1) is 20.7. The van der Waals surface area contributed by atoms with Crippen molar-refractivity contribution in [1.82, 2.24) is 29.7 Å². The summed E-state index contributed by atoms with van der Waals surface area (Å²) in [5.41, 5.74) is 0. The van der Waals surface area contributed by atoms with Crippen molar-refractivity contribution in [2.45, 2.75) is 69.9 Å². The minimum atomic E-state index is -3.15. The molecule has 5 rings (SSSR count). The van der Waals surface area contributed by atoms with Crippen LogP contribution in [0, 0.1) is 0 Å². The van der Waals surface area contributed by atoms with Gasteiger partial charge in [0.1, 0.15) is 11.9 Å². The highest BCUT2D eigenvalue weighted by molar-refractivity contribution is 7.75. The van der Waals surface area contributed by atoms with Crippen molar-refractivity contribution in [2.24, 2.45) is 0 Å². The number of nitrogens with one attached hydrogen (secondary N) is 2. The lowest BCUT2D eigenvalue weighted by atomic mass is 9.92. The van der Waals surface area contributed by atoms with Gasteiger partial charge in [-0.25, -0.2) is 33.3 Å². The Bertz CT molecular complexity index is 1200. The highest BCUT2D eigenvalue weighted by Gasteiger charge is 2.48. The monoisotopic (exact) mass is 623 g/mol. The Labute approximate surface area is 255 Å². The summed E-state index contributed by atoms with van der Waals surface area (Å²) in [7, 11) is 1.26. The lowest BCUT2D eigenvalue weighted by molar-refractivity contribution is -0.0760. The normalized spacial score (nSPS) is 20.1. The molecule has 236 valence electrons. The Morgan fingerprint density at radius 1 is 1.07 bits per heavy atom. The molecule has 43 heavy (non-hydrogen) atoms. The minimum Gasteiger partial charge on any atom is -0.477 e. The number of rotatable bonds is 7. The van der Waals surface area contributed by atoms with Gasteiger partial charge in [-0.15, -0.1) is 0 Å². The molecule has 3 fully saturated rings. The van der Waals surface area contributed by atoms with Crippen LogP contribution in [0.4, 0.5) is 36.0 Å². The van der Waals surface area contributed by atoms with E-state index in [-0.39, 0.29) is 36.6 Å². The summed E-state index contributed by atoms with van der Waals surface area (Å²) in [5, 5.41) is 4.76. The second kappa shape index (κ2) is 15.3. The molecule has 0 radical (unpaired) electrons. The summed E-state index contributed by atoms with van der Waals surface area (Å²) < 4.78 is 38.8. The number of carbonyl (C=O) groups excluding carboxylic acids is 2. The number of hydrogen-bond acceptors (Lipinski definition) is 11. The Balaban J connectivity index is 0.000000353. The minimum absolute atomic E-state index is 0.0518. The highest BCUT2D eigenvalue weighted by atomic mass is 32.1. The highest BCUT2D eigenvalue weighted by Crippen LogP contribution is 2.33. The van der Waals surface area contributed by atoms with Crippen LogP contribution < -0.4 is 20.3 Å². The smallest absolute Gasteiger partial charge is 0.424 e. The maximum absolute atomic E-state index is 14.7. The van der Waals surface area contributed by atoms with E-state index in [9.17, 15) is 18.4 Å². The Morgan fingerprint density at radius 2 is 1.84 bits per heavy atom. The molecule has 0 aromatic carbocycles. The van der Waals surface area contributed by atoms with Crippen LogP contribution in [-0.2, 0) is 4.18 Å². The van der Waals surface area contributed by atoms with E-state index in [1.165, 1.54) is 88.2 Å². The predicted molar refractivity (Wildman–Crippen MR) is 160 cm³/mol. The van der Waals surface area contributed by atoms with E-state index in [4.69, 9.17) is 4.74 Å². The molecule has 1 unspecified atom stereocenters. The number of amides is 3. The topological polar surface area (TPSA) is 138 Å². The lowest BCUT2D eigenvalue weighted by Gasteiger charge is -2.42. The number of carbonyl (C=O) groups is 2. The van der Waals surface area contributed by atoms with E-state index in [0.717, 1.165) is 10.9 Å². The molecule has 1 aliphatic carbocycles. The maximum atomic E-state index is 14.7. The second-order valence-corrected chi connectivity index (χ2v) is 10.8. The van der Waals surface area contributed by atoms with Gasteiger partial charge in [0.15, 0.2) is 5.82 Å². The van der Waals surface area contributed by atoms with Gasteiger partial charge >= 0.3 is 12.1 Å². The average molecular weight is 624 g/mol. The number of anilines is 3. The Hall–Kier alpha value is -3.53. The van der Waals surface area contributed by atoms with Crippen molar-refractivity contribution in [3.63, 3.8) is 0 Å². The summed E-state index contributed by atoms with van der Waals surface area (Å²) in [6.07, 6.45) is 11.4. The van der Waals surface area contributed by atoms with E-state index in [1.807, 2.05) is 0 Å². The van der Waals surface area contributed by atoms with Gasteiger partial charge in [-0.3, -0.25) is 10.6 Å². The van der Waals surface area contributed by atoms with E-state index in [1.54, 1.807) is 6.92 Å². The zero-order valence-electron chi connectivity index (χ0n) is 24.4. The fourth-order valence-corrected chi connectivity index (χ4v) is 5.31. The third kappa shape index (κ3) is 8.98. The van der Waals surface area contributed by atoms with Gasteiger partial charge < -0.3 is 23.6 Å². The number of alkyl halides is 2. The Kier molecular flexibility index (Phi) is 11.5. The maximum Gasteiger partial charge on any atom is 0.424 e. The zero-order valence-corrected chi connectivity index (χ0v) is 25.3. The molecule has 2 N–H and O–H groups in total. The van der Waals surface area contributed by atoms with Crippen LogP contribution >= 0.6 is 12.9 Å². The Morgan fingerprint density at radius 3 is 2.47 bits per heavy atom. The van der Waals surface area contributed by atoms with Crippen molar-refractivity contribution in [3.05, 3.63) is 24.7 Å². The number of likely N-dealkylation sites (tertiary alicyclic amines) is 1. The van der Waals surface area contributed by atoms with Gasteiger partial charge in [-0.2, -0.15) is 4.98 Å². The first-order valence-corrected chi connectivity index (χ1v) is 14.9. The molecule has 13 nitrogen and oxygen atoms in total. The summed E-state index contributed by atoms with van der Waals surface area (Å²) in [5.74, 6) is -2.58. The first kappa shape index (κ1) is 32.4. The fourth-order valence-electron chi connectivity index (χ4n) is 5.26. The number of aromatic nitrogens is 4. The number of nitrogens with zero attached hydrogens (tertiary/aromatic N) is 7. The number of likely N-dealkylation sites (N-methyl/N-ethyl adjacent to an activating group) is 1. The van der Waals surface area contributed by atoms with Crippen LogP contribution in [0.3, 0.4) is 0 Å². The summed E-state index contributed by atoms with van der Waals surface area (Å²) in [6.45, 7) is 4.68. The quantitative estimate of drug-likeness (QED) is 0.299. The van der Waals surface area contributed by atoms with Crippen LogP contribution in [0.25, 0.3) is 0 Å². The van der Waals surface area contributed by atoms with Gasteiger partial charge in [0.2, 0.25) is 11.8 Å². The summed E-state index contributed by atoms with van der Waals surface area (Å²) in [6, 6.07) is 0.127. The molecule has 4 heterocycles. The molecule has 1 saturated carbocycles. The van der Waals surface area contributed by atoms with Crippen LogP contribution in [0.2, 0.25) is 0 Å². The molecule has 1 atom stereocenters. The molecule has 2 aromatic heterocycles. The van der Waals surface area contributed by atoms with Crippen molar-refractivity contribution in [2.75, 3.05) is 55.4 Å². The predicted octanol–water partition coefficient (Wildman–Crippen LogP) is 4.46. The van der Waals surface area contributed by atoms with Gasteiger partial charge in [-0.1, -0.05) is 19.3 Å². The van der Waals surface area contributed by atoms with Crippen molar-refractivity contribution >= 4 is 42.6 Å². The molecular weight excluding hydrogens is 584 g/mol. The summed E-state index contributed by atoms with van der Waals surface area (Å²) in [4.78, 5) is 45.2. The molecule has 3 aliphatic rings. The van der Waals surface area contributed by atoms with Crippen molar-refractivity contribution in [3.8, 4) is 5.88 Å². The van der Waals surface area contributed by atoms with Crippen molar-refractivity contribution in [1.29, 1.82) is 0 Å². The standard InChI is InChI=1S/C18H22F2N8O4S.C9H17N/c1-3-31-14-9-22-13(8-23-14)25-16(29)27(2)11-10-28(7-5-18(11,19)20)15-21-6-4-12(24-15)26-17(30)32-33;1-2-5-9(6-3-1)10-7-4-8-10/h4,6,8-9,11,33H,3,5,7,10H2,1-2H3,(H,22,25,29)(H,21,24,26,30);9H,1-8H2. The van der Waals surface area contributed by atoms with Crippen LogP contribution in [0.15, 0.2) is 24.7 Å². The molecular formula is C27H39F2N9O4S. The van der Waals surface area contributed by atoms with E-state index >= 15 is 0 Å². The molecule has 16 heteroatoms. The van der Waals surface area contributed by atoms with E-state index < -0.39 is 30.5 Å². The number of hydrogen-bond donors (Lipinski definition) is 3. The van der Waals surface area contributed by atoms with E-state index in [2.05, 4.69) is 52.6 Å².